The van der Waals surface area contributed by atoms with E-state index in [-0.39, 0.29) is 18.9 Å². The van der Waals surface area contributed by atoms with Crippen LogP contribution in [0.1, 0.15) is 19.4 Å². The van der Waals surface area contributed by atoms with E-state index in [9.17, 15) is 4.57 Å². The average Bonchev–Trinajstić information content (AvgIpc) is 2.84. The maximum absolute atomic E-state index is 12.9. The van der Waals surface area contributed by atoms with Crippen molar-refractivity contribution in [3.8, 4) is 0 Å². The number of rotatable bonds is 8. The molecule has 1 aromatic rings. The van der Waals surface area contributed by atoms with Crippen molar-refractivity contribution >= 4 is 23.5 Å². The minimum Gasteiger partial charge on any atom is -0.348 e. The lowest BCUT2D eigenvalue weighted by Crippen LogP contribution is -2.24. The molecule has 0 bridgehead atoms. The highest BCUT2D eigenvalue weighted by Gasteiger charge is 2.35. The molecule has 22 heavy (non-hydrogen) atoms. The normalized spacial score (nSPS) is 23.3. The predicted octanol–water partition coefficient (Wildman–Crippen LogP) is 3.96. The predicted molar refractivity (Wildman–Crippen MR) is 88.4 cm³/mol. The van der Waals surface area contributed by atoms with E-state index in [1.165, 1.54) is 0 Å². The summed E-state index contributed by atoms with van der Waals surface area (Å²) in [6.07, 6.45) is 0.0179. The quantitative estimate of drug-likeness (QED) is 0.495. The number of ether oxygens (including phenoxy) is 2. The molecule has 0 aromatic heterocycles. The Balaban J connectivity index is 1.95. The molecule has 1 heterocycles. The van der Waals surface area contributed by atoms with Crippen LogP contribution in [-0.4, -0.2) is 37.0 Å². The summed E-state index contributed by atoms with van der Waals surface area (Å²) in [7, 11) is -3.22. The van der Waals surface area contributed by atoms with Gasteiger partial charge < -0.3 is 18.5 Å². The van der Waals surface area contributed by atoms with E-state index in [1.807, 2.05) is 44.2 Å². The molecule has 2 unspecified atom stereocenters. The zero-order valence-corrected chi connectivity index (χ0v) is 15.3. The number of hydrogen-bond acceptors (Lipinski definition) is 5. The first-order chi connectivity index (χ1) is 10.4. The van der Waals surface area contributed by atoms with Gasteiger partial charge in [-0.25, -0.2) is 0 Å². The molecule has 0 spiro atoms. The van der Waals surface area contributed by atoms with Crippen LogP contribution < -0.4 is 0 Å². The van der Waals surface area contributed by atoms with Crippen LogP contribution in [0.3, 0.4) is 0 Å². The lowest BCUT2D eigenvalue weighted by atomic mass is 10.2. The fourth-order valence-corrected chi connectivity index (χ4v) is 4.24. The molecule has 1 saturated heterocycles. The molecule has 0 N–H and O–H groups in total. The molecular weight excluding hydrogens is 371 g/mol. The van der Waals surface area contributed by atoms with E-state index in [0.717, 1.165) is 5.56 Å². The van der Waals surface area contributed by atoms with E-state index in [2.05, 4.69) is 15.9 Å². The van der Waals surface area contributed by atoms with E-state index in [1.54, 1.807) is 0 Å². The number of benzene rings is 1. The van der Waals surface area contributed by atoms with Gasteiger partial charge in [0.05, 0.1) is 26.0 Å². The minimum absolute atomic E-state index is 0.190. The zero-order chi connectivity index (χ0) is 16.1. The summed E-state index contributed by atoms with van der Waals surface area (Å²) in [5, 5.41) is 0.602. The molecule has 1 aliphatic heterocycles. The SMILES string of the molecule is CC1(C)OCC(COP(=O)(Cc2ccccc2)OCCBr)O1. The third-order valence-corrected chi connectivity index (χ3v) is 5.30. The van der Waals surface area contributed by atoms with Gasteiger partial charge in [-0.15, -0.1) is 0 Å². The lowest BCUT2D eigenvalue weighted by Gasteiger charge is -2.21. The van der Waals surface area contributed by atoms with Crippen molar-refractivity contribution in [2.75, 3.05) is 25.2 Å². The van der Waals surface area contributed by atoms with Crippen molar-refractivity contribution < 1.29 is 23.1 Å². The van der Waals surface area contributed by atoms with Gasteiger partial charge in [0.1, 0.15) is 6.10 Å². The molecule has 0 radical (unpaired) electrons. The van der Waals surface area contributed by atoms with Crippen molar-refractivity contribution in [3.05, 3.63) is 35.9 Å². The topological polar surface area (TPSA) is 54.0 Å². The van der Waals surface area contributed by atoms with Crippen LogP contribution in [-0.2, 0) is 29.2 Å². The van der Waals surface area contributed by atoms with Crippen molar-refractivity contribution in [1.29, 1.82) is 0 Å². The van der Waals surface area contributed by atoms with Crippen LogP contribution in [0.25, 0.3) is 0 Å². The van der Waals surface area contributed by atoms with Gasteiger partial charge in [0.15, 0.2) is 5.79 Å². The van der Waals surface area contributed by atoms with Gasteiger partial charge >= 0.3 is 7.60 Å². The van der Waals surface area contributed by atoms with E-state index >= 15 is 0 Å². The number of hydrogen-bond donors (Lipinski definition) is 0. The van der Waals surface area contributed by atoms with Gasteiger partial charge in [-0.3, -0.25) is 4.57 Å². The van der Waals surface area contributed by atoms with Crippen LogP contribution in [0.2, 0.25) is 0 Å². The molecule has 5 nitrogen and oxygen atoms in total. The fraction of sp³-hybridized carbons (Fsp3) is 0.600. The summed E-state index contributed by atoms with van der Waals surface area (Å²) in [6.45, 7) is 4.64. The van der Waals surface area contributed by atoms with Crippen molar-refractivity contribution in [1.82, 2.24) is 0 Å². The minimum atomic E-state index is -3.22. The lowest BCUT2D eigenvalue weighted by molar-refractivity contribution is -0.141. The maximum Gasteiger partial charge on any atom is 0.335 e. The Morgan fingerprint density at radius 1 is 1.32 bits per heavy atom. The molecule has 124 valence electrons. The van der Waals surface area contributed by atoms with Crippen LogP contribution in [0.5, 0.6) is 0 Å². The number of halogens is 1. The van der Waals surface area contributed by atoms with Gasteiger partial charge in [0, 0.05) is 5.33 Å². The molecule has 2 atom stereocenters. The highest BCUT2D eigenvalue weighted by atomic mass is 79.9. The smallest absolute Gasteiger partial charge is 0.335 e. The highest BCUT2D eigenvalue weighted by molar-refractivity contribution is 9.09. The van der Waals surface area contributed by atoms with Crippen molar-refractivity contribution in [2.45, 2.75) is 31.9 Å². The van der Waals surface area contributed by atoms with Gasteiger partial charge in [0.2, 0.25) is 0 Å². The van der Waals surface area contributed by atoms with Crippen molar-refractivity contribution in [2.24, 2.45) is 0 Å². The van der Waals surface area contributed by atoms with Gasteiger partial charge in [-0.05, 0) is 19.4 Å². The van der Waals surface area contributed by atoms with Crippen LogP contribution in [0.4, 0.5) is 0 Å². The van der Waals surface area contributed by atoms with Gasteiger partial charge in [-0.1, -0.05) is 46.3 Å². The van der Waals surface area contributed by atoms with Crippen LogP contribution in [0, 0.1) is 0 Å². The molecule has 7 heteroatoms. The Kier molecular flexibility index (Phi) is 6.62. The molecular formula is C15H22BrO5P. The van der Waals surface area contributed by atoms with Gasteiger partial charge in [-0.2, -0.15) is 0 Å². The molecule has 1 fully saturated rings. The largest absolute Gasteiger partial charge is 0.348 e. The fourth-order valence-electron chi connectivity index (χ4n) is 2.15. The molecule has 0 amide bonds. The second kappa shape index (κ2) is 8.04. The van der Waals surface area contributed by atoms with Gasteiger partial charge in [0.25, 0.3) is 0 Å². The Morgan fingerprint density at radius 2 is 2.05 bits per heavy atom. The van der Waals surface area contributed by atoms with E-state index in [4.69, 9.17) is 18.5 Å². The Bertz CT molecular complexity index is 508. The molecule has 2 rings (SSSR count). The number of alkyl halides is 1. The summed E-state index contributed by atoms with van der Waals surface area (Å²) >= 11 is 3.27. The first-order valence-electron chi connectivity index (χ1n) is 7.22. The van der Waals surface area contributed by atoms with Crippen LogP contribution in [0.15, 0.2) is 30.3 Å². The molecule has 0 aliphatic carbocycles. The summed E-state index contributed by atoms with van der Waals surface area (Å²) in [5.74, 6) is -0.617. The molecule has 1 aliphatic rings. The van der Waals surface area contributed by atoms with E-state index < -0.39 is 13.4 Å². The monoisotopic (exact) mass is 392 g/mol. The third kappa shape index (κ3) is 5.76. The zero-order valence-electron chi connectivity index (χ0n) is 12.9. The maximum atomic E-state index is 12.9. The second-order valence-corrected chi connectivity index (χ2v) is 8.37. The van der Waals surface area contributed by atoms with Crippen LogP contribution >= 0.6 is 23.5 Å². The Labute approximate surface area is 139 Å². The molecule has 0 saturated carbocycles. The van der Waals surface area contributed by atoms with Crippen molar-refractivity contribution in [3.63, 3.8) is 0 Å². The first-order valence-corrected chi connectivity index (χ1v) is 10.1. The summed E-state index contributed by atoms with van der Waals surface area (Å²) in [6, 6.07) is 9.54. The average molecular weight is 393 g/mol. The molecule has 1 aromatic carbocycles. The summed E-state index contributed by atoms with van der Waals surface area (Å²) < 4.78 is 35.1. The van der Waals surface area contributed by atoms with E-state index in [0.29, 0.717) is 18.5 Å². The Hall–Kier alpha value is -0.230. The summed E-state index contributed by atoms with van der Waals surface area (Å²) in [5.41, 5.74) is 0.921. The standard InChI is InChI=1S/C15H22BrO5P/c1-15(2)18-10-14(21-15)11-20-22(17,19-9-8-16)12-13-6-4-3-5-7-13/h3-7,14H,8-12H2,1-2H3. The Morgan fingerprint density at radius 3 is 2.64 bits per heavy atom. The second-order valence-electron chi connectivity index (χ2n) is 5.52. The first kappa shape index (κ1) is 18.1. The highest BCUT2D eigenvalue weighted by Crippen LogP contribution is 2.51. The summed E-state index contributed by atoms with van der Waals surface area (Å²) in [4.78, 5) is 0. The third-order valence-electron chi connectivity index (χ3n) is 3.11.